The molecule has 2 aliphatic heterocycles. The van der Waals surface area contributed by atoms with Crippen molar-refractivity contribution < 1.29 is 14.7 Å². The minimum atomic E-state index is -1.01. The smallest absolute Gasteiger partial charge is 0.327 e. The summed E-state index contributed by atoms with van der Waals surface area (Å²) in [6, 6.07) is -1.40. The van der Waals surface area contributed by atoms with Crippen molar-refractivity contribution in [3.05, 3.63) is 18.4 Å². The van der Waals surface area contributed by atoms with Gasteiger partial charge in [-0.25, -0.2) is 4.79 Å². The molecule has 4 atom stereocenters. The minimum absolute atomic E-state index is 0.215. The summed E-state index contributed by atoms with van der Waals surface area (Å²) in [5.74, 6) is -1.30. The van der Waals surface area contributed by atoms with Gasteiger partial charge in [0.1, 0.15) is 17.5 Å². The topological polar surface area (TPSA) is 83.6 Å². The number of amides is 1. The molecule has 0 radical (unpaired) electrons. The second-order valence-corrected chi connectivity index (χ2v) is 4.72. The molecule has 1 amide bonds. The number of nitrogens with two attached hydrogens (primary N) is 1. The average molecular weight is 226 g/mol. The predicted molar refractivity (Wildman–Crippen MR) is 55.1 cm³/mol. The van der Waals surface area contributed by atoms with Gasteiger partial charge in [-0.3, -0.25) is 4.79 Å². The van der Waals surface area contributed by atoms with Gasteiger partial charge in [-0.2, -0.15) is 0 Å². The van der Waals surface area contributed by atoms with E-state index in [2.05, 4.69) is 12.3 Å². The Morgan fingerprint density at radius 2 is 2.40 bits per heavy atom. The van der Waals surface area contributed by atoms with Gasteiger partial charge in [0, 0.05) is 0 Å². The molecule has 0 aromatic heterocycles. The first-order valence-electron chi connectivity index (χ1n) is 4.40. The Bertz CT molecular complexity index is 376. The van der Waals surface area contributed by atoms with E-state index in [1.54, 1.807) is 6.08 Å². The van der Waals surface area contributed by atoms with Crippen LogP contribution in [0.3, 0.4) is 0 Å². The van der Waals surface area contributed by atoms with Crippen LogP contribution in [0.2, 0.25) is 0 Å². The molecule has 6 heteroatoms. The first-order chi connectivity index (χ1) is 7.07. The Labute approximate surface area is 90.6 Å². The van der Waals surface area contributed by atoms with Crippen LogP contribution in [0.1, 0.15) is 0 Å². The molecule has 80 valence electrons. The van der Waals surface area contributed by atoms with Crippen molar-refractivity contribution in [2.75, 3.05) is 0 Å². The number of nitrogens with zero attached hydrogens (tertiary/aromatic N) is 1. The van der Waals surface area contributed by atoms with Crippen LogP contribution in [0.15, 0.2) is 18.4 Å². The molecule has 2 fully saturated rings. The van der Waals surface area contributed by atoms with E-state index >= 15 is 0 Å². The van der Waals surface area contributed by atoms with Crippen molar-refractivity contribution in [1.29, 1.82) is 0 Å². The van der Waals surface area contributed by atoms with Crippen molar-refractivity contribution in [2.45, 2.75) is 22.7 Å². The lowest BCUT2D eigenvalue weighted by atomic mass is 10.0. The zero-order valence-electron chi connectivity index (χ0n) is 7.79. The molecule has 0 aliphatic carbocycles. The SMILES string of the molecule is C=C=C[C@H]1S[C@H]2[C@H](N)C(=O)N2C1C(=O)O. The molecule has 0 spiro atoms. The monoisotopic (exact) mass is 226 g/mol. The number of carbonyl (C=O) groups excluding carboxylic acids is 1. The zero-order valence-corrected chi connectivity index (χ0v) is 8.61. The Kier molecular flexibility index (Phi) is 2.34. The van der Waals surface area contributed by atoms with Crippen LogP contribution in [0, 0.1) is 0 Å². The highest BCUT2D eigenvalue weighted by molar-refractivity contribution is 8.01. The second kappa shape index (κ2) is 3.41. The van der Waals surface area contributed by atoms with Gasteiger partial charge in [-0.15, -0.1) is 17.5 Å². The molecule has 5 nitrogen and oxygen atoms in total. The molecule has 2 aliphatic rings. The van der Waals surface area contributed by atoms with Crippen LogP contribution in [-0.4, -0.2) is 44.6 Å². The molecule has 3 N–H and O–H groups in total. The quantitative estimate of drug-likeness (QED) is 0.485. The number of fused-ring (bicyclic) bond motifs is 1. The molecular formula is C9H10N2O3S. The fourth-order valence-corrected chi connectivity index (χ4v) is 3.40. The van der Waals surface area contributed by atoms with Crippen molar-refractivity contribution in [3.8, 4) is 0 Å². The average Bonchev–Trinajstić information content (AvgIpc) is 2.54. The van der Waals surface area contributed by atoms with Crippen LogP contribution in [-0.2, 0) is 9.59 Å². The summed E-state index contributed by atoms with van der Waals surface area (Å²) in [7, 11) is 0. The Hall–Kier alpha value is -1.23. The number of carboxylic acids is 1. The highest BCUT2D eigenvalue weighted by atomic mass is 32.2. The third kappa shape index (κ3) is 1.30. The zero-order chi connectivity index (χ0) is 11.2. The lowest BCUT2D eigenvalue weighted by molar-refractivity contribution is -0.157. The second-order valence-electron chi connectivity index (χ2n) is 3.42. The number of hydrogen-bond donors (Lipinski definition) is 2. The van der Waals surface area contributed by atoms with Gasteiger partial charge < -0.3 is 15.7 Å². The van der Waals surface area contributed by atoms with Crippen LogP contribution in [0.25, 0.3) is 0 Å². The summed E-state index contributed by atoms with van der Waals surface area (Å²) in [6.07, 6.45) is 1.57. The summed E-state index contributed by atoms with van der Waals surface area (Å²) < 4.78 is 0. The summed E-state index contributed by atoms with van der Waals surface area (Å²) >= 11 is 1.37. The maximum atomic E-state index is 11.4. The molecule has 15 heavy (non-hydrogen) atoms. The number of hydrogen-bond acceptors (Lipinski definition) is 4. The van der Waals surface area contributed by atoms with Crippen molar-refractivity contribution in [2.24, 2.45) is 5.73 Å². The van der Waals surface area contributed by atoms with E-state index in [4.69, 9.17) is 10.8 Å². The van der Waals surface area contributed by atoms with Crippen LogP contribution in [0.4, 0.5) is 0 Å². The molecule has 0 bridgehead atoms. The molecule has 1 unspecified atom stereocenters. The standard InChI is InChI=1S/C9H10N2O3S/c1-2-3-4-6(9(13)14)11-7(12)5(10)8(11)15-4/h3-6,8H,1,10H2,(H,13,14)/t4-,5-,6?,8+/m1/s1. The van der Waals surface area contributed by atoms with Gasteiger partial charge in [0.05, 0.1) is 5.25 Å². The van der Waals surface area contributed by atoms with Gasteiger partial charge in [0.2, 0.25) is 5.91 Å². The number of carboxylic acid groups (broad SMARTS) is 1. The highest BCUT2D eigenvalue weighted by Crippen LogP contribution is 2.44. The van der Waals surface area contributed by atoms with E-state index in [9.17, 15) is 9.59 Å². The molecule has 2 heterocycles. The third-order valence-corrected chi connectivity index (χ3v) is 4.07. The molecule has 2 saturated heterocycles. The van der Waals surface area contributed by atoms with E-state index in [0.717, 1.165) is 0 Å². The lowest BCUT2D eigenvalue weighted by Crippen LogP contribution is -2.68. The highest BCUT2D eigenvalue weighted by Gasteiger charge is 2.58. The first-order valence-corrected chi connectivity index (χ1v) is 5.34. The van der Waals surface area contributed by atoms with Crippen LogP contribution in [0.5, 0.6) is 0 Å². The summed E-state index contributed by atoms with van der Waals surface area (Å²) in [6.45, 7) is 3.40. The van der Waals surface area contributed by atoms with Gasteiger partial charge >= 0.3 is 5.97 Å². The summed E-state index contributed by atoms with van der Waals surface area (Å²) in [5.41, 5.74) is 8.13. The predicted octanol–water partition coefficient (Wildman–Crippen LogP) is -0.608. The van der Waals surface area contributed by atoms with E-state index in [-0.39, 0.29) is 16.5 Å². The number of β-lactam (4-membered cyclic amide) rings is 1. The van der Waals surface area contributed by atoms with E-state index in [1.165, 1.54) is 16.7 Å². The summed E-state index contributed by atoms with van der Waals surface area (Å²) in [4.78, 5) is 23.7. The van der Waals surface area contributed by atoms with Gasteiger partial charge in [-0.05, 0) is 6.08 Å². The fraction of sp³-hybridized carbons (Fsp3) is 0.444. The number of aliphatic carboxylic acids is 1. The lowest BCUT2D eigenvalue weighted by Gasteiger charge is -2.41. The molecule has 2 rings (SSSR count). The Morgan fingerprint density at radius 1 is 1.73 bits per heavy atom. The first kappa shape index (κ1) is 10.3. The fourth-order valence-electron chi connectivity index (χ4n) is 1.86. The van der Waals surface area contributed by atoms with Crippen molar-refractivity contribution in [3.63, 3.8) is 0 Å². The number of rotatable bonds is 2. The number of thioether (sulfide) groups is 1. The minimum Gasteiger partial charge on any atom is -0.480 e. The molecular weight excluding hydrogens is 216 g/mol. The summed E-state index contributed by atoms with van der Waals surface area (Å²) in [5, 5.41) is 8.50. The van der Waals surface area contributed by atoms with E-state index < -0.39 is 18.1 Å². The van der Waals surface area contributed by atoms with E-state index in [1.807, 2.05) is 0 Å². The third-order valence-electron chi connectivity index (χ3n) is 2.56. The molecule has 0 aromatic rings. The van der Waals surface area contributed by atoms with Gasteiger partial charge in [0.25, 0.3) is 0 Å². The van der Waals surface area contributed by atoms with Crippen molar-refractivity contribution in [1.82, 2.24) is 4.90 Å². The molecule has 0 saturated carbocycles. The van der Waals surface area contributed by atoms with E-state index in [0.29, 0.717) is 0 Å². The Morgan fingerprint density at radius 3 is 2.93 bits per heavy atom. The maximum absolute atomic E-state index is 11.4. The largest absolute Gasteiger partial charge is 0.480 e. The normalized spacial score (nSPS) is 37.9. The maximum Gasteiger partial charge on any atom is 0.327 e. The van der Waals surface area contributed by atoms with Crippen LogP contribution < -0.4 is 5.73 Å². The van der Waals surface area contributed by atoms with Gasteiger partial charge in [-0.1, -0.05) is 6.58 Å². The van der Waals surface area contributed by atoms with Crippen molar-refractivity contribution >= 4 is 23.6 Å². The van der Waals surface area contributed by atoms with Crippen LogP contribution >= 0.6 is 11.8 Å². The molecule has 0 aromatic carbocycles. The number of carbonyl (C=O) groups is 2. The Balaban J connectivity index is 2.28. The van der Waals surface area contributed by atoms with Gasteiger partial charge in [0.15, 0.2) is 0 Å².